The zero-order valence-corrected chi connectivity index (χ0v) is 16.2. The highest BCUT2D eigenvalue weighted by Crippen LogP contribution is 2.23. The second-order valence-electron chi connectivity index (χ2n) is 6.20. The van der Waals surface area contributed by atoms with E-state index in [1.165, 1.54) is 18.3 Å². The second kappa shape index (κ2) is 8.57. The molecule has 0 aliphatic rings. The predicted molar refractivity (Wildman–Crippen MR) is 98.7 cm³/mol. The molecular formula is C19H25N3O5. The van der Waals surface area contributed by atoms with E-state index in [4.69, 9.17) is 9.15 Å². The molecule has 27 heavy (non-hydrogen) atoms. The van der Waals surface area contributed by atoms with Crippen molar-refractivity contribution in [3.63, 3.8) is 0 Å². The lowest BCUT2D eigenvalue weighted by atomic mass is 10.00. The summed E-state index contributed by atoms with van der Waals surface area (Å²) in [5.41, 5.74) is 1.68. The molecule has 0 saturated carbocycles. The number of hydrogen-bond acceptors (Lipinski definition) is 5. The van der Waals surface area contributed by atoms with Gasteiger partial charge in [-0.25, -0.2) is 9.59 Å². The number of rotatable bonds is 7. The van der Waals surface area contributed by atoms with Gasteiger partial charge in [-0.2, -0.15) is 0 Å². The molecule has 0 spiro atoms. The Balaban J connectivity index is 2.35. The highest BCUT2D eigenvalue weighted by molar-refractivity contribution is 6.06. The third kappa shape index (κ3) is 4.21. The summed E-state index contributed by atoms with van der Waals surface area (Å²) < 4.78 is 10.1. The topological polar surface area (TPSA) is 105 Å². The van der Waals surface area contributed by atoms with Crippen LogP contribution in [0.5, 0.6) is 0 Å². The van der Waals surface area contributed by atoms with E-state index < -0.39 is 12.0 Å². The molecule has 0 aromatic carbocycles. The van der Waals surface area contributed by atoms with Crippen molar-refractivity contribution in [3.8, 4) is 0 Å². The summed E-state index contributed by atoms with van der Waals surface area (Å²) in [6.07, 6.45) is 1.51. The largest absolute Gasteiger partial charge is 0.467 e. The summed E-state index contributed by atoms with van der Waals surface area (Å²) in [5.74, 6) is -0.244. The number of ketones is 1. The number of hydrogen-bond donors (Lipinski definition) is 2. The predicted octanol–water partition coefficient (Wildman–Crippen LogP) is 2.81. The van der Waals surface area contributed by atoms with Crippen molar-refractivity contribution in [2.45, 2.75) is 40.3 Å². The van der Waals surface area contributed by atoms with E-state index in [1.54, 1.807) is 39.8 Å². The maximum atomic E-state index is 13.2. The molecule has 8 heteroatoms. The molecule has 2 heterocycles. The zero-order valence-electron chi connectivity index (χ0n) is 16.2. The van der Waals surface area contributed by atoms with E-state index in [-0.39, 0.29) is 24.1 Å². The van der Waals surface area contributed by atoms with Gasteiger partial charge in [0.2, 0.25) is 0 Å². The number of carbonyl (C=O) groups excluding carboxylic acids is 3. The number of nitrogens with zero attached hydrogens (tertiary/aromatic N) is 1. The number of aryl methyl sites for hydroxylation is 1. The highest BCUT2D eigenvalue weighted by atomic mass is 16.5. The molecule has 2 rings (SSSR count). The van der Waals surface area contributed by atoms with Gasteiger partial charge in [0.25, 0.3) is 0 Å². The van der Waals surface area contributed by atoms with Crippen LogP contribution < -0.4 is 5.32 Å². The van der Waals surface area contributed by atoms with Gasteiger partial charge in [-0.05, 0) is 45.4 Å². The van der Waals surface area contributed by atoms with Gasteiger partial charge in [-0.3, -0.25) is 4.79 Å². The van der Waals surface area contributed by atoms with Gasteiger partial charge in [0.15, 0.2) is 5.78 Å². The monoisotopic (exact) mass is 375 g/mol. The Bertz CT molecular complexity index is 823. The average molecular weight is 375 g/mol. The van der Waals surface area contributed by atoms with Gasteiger partial charge in [0, 0.05) is 17.8 Å². The van der Waals surface area contributed by atoms with Gasteiger partial charge in [0.05, 0.1) is 26.0 Å². The van der Waals surface area contributed by atoms with Crippen LogP contribution in [0.2, 0.25) is 0 Å². The number of Topliss-reactive ketones (excluding diaryl/α,β-unsaturated/α-hetero) is 1. The number of carbonyl (C=O) groups is 3. The number of H-pyrrole nitrogens is 1. The van der Waals surface area contributed by atoms with Crippen LogP contribution in [0.4, 0.5) is 4.79 Å². The van der Waals surface area contributed by atoms with Crippen LogP contribution >= 0.6 is 0 Å². The quantitative estimate of drug-likeness (QED) is 0.572. The van der Waals surface area contributed by atoms with Gasteiger partial charge in [0.1, 0.15) is 11.5 Å². The minimum absolute atomic E-state index is 0.151. The lowest BCUT2D eigenvalue weighted by Gasteiger charge is -2.27. The van der Waals surface area contributed by atoms with Crippen molar-refractivity contribution >= 4 is 17.8 Å². The number of esters is 1. The summed E-state index contributed by atoms with van der Waals surface area (Å²) in [5, 5.41) is 2.72. The third-order valence-corrected chi connectivity index (χ3v) is 4.42. The minimum Gasteiger partial charge on any atom is -0.467 e. The molecule has 0 saturated heterocycles. The second-order valence-corrected chi connectivity index (χ2v) is 6.20. The maximum Gasteiger partial charge on any atom is 0.354 e. The molecular weight excluding hydrogens is 350 g/mol. The minimum atomic E-state index is -0.764. The number of aromatic amines is 1. The number of amides is 2. The zero-order chi connectivity index (χ0) is 20.1. The highest BCUT2D eigenvalue weighted by Gasteiger charge is 2.31. The van der Waals surface area contributed by atoms with Crippen molar-refractivity contribution in [2.24, 2.45) is 0 Å². The van der Waals surface area contributed by atoms with E-state index in [0.717, 1.165) is 0 Å². The van der Waals surface area contributed by atoms with E-state index in [2.05, 4.69) is 10.3 Å². The van der Waals surface area contributed by atoms with Crippen molar-refractivity contribution in [3.05, 3.63) is 46.7 Å². The van der Waals surface area contributed by atoms with Crippen LogP contribution in [0.3, 0.4) is 0 Å². The first-order valence-corrected chi connectivity index (χ1v) is 8.70. The Morgan fingerprint density at radius 3 is 2.59 bits per heavy atom. The lowest BCUT2D eigenvalue weighted by molar-refractivity contribution is 0.0593. The van der Waals surface area contributed by atoms with Gasteiger partial charge in [-0.15, -0.1) is 0 Å². The number of nitrogens with one attached hydrogen (secondary N) is 2. The maximum absolute atomic E-state index is 13.2. The van der Waals surface area contributed by atoms with E-state index >= 15 is 0 Å². The number of methoxy groups -OCH3 is 1. The fraction of sp³-hybridized carbons (Fsp3) is 0.421. The lowest BCUT2D eigenvalue weighted by Crippen LogP contribution is -2.47. The van der Waals surface area contributed by atoms with Crippen molar-refractivity contribution in [2.75, 3.05) is 13.7 Å². The molecule has 2 aromatic heterocycles. The molecule has 1 unspecified atom stereocenters. The summed E-state index contributed by atoms with van der Waals surface area (Å²) in [6, 6.07) is 2.33. The van der Waals surface area contributed by atoms with Crippen LogP contribution in [-0.2, 0) is 11.3 Å². The van der Waals surface area contributed by atoms with Crippen LogP contribution in [0.1, 0.15) is 51.7 Å². The molecule has 1 atom stereocenters. The first kappa shape index (κ1) is 20.3. The summed E-state index contributed by atoms with van der Waals surface area (Å²) >= 11 is 0. The SMILES string of the molecule is CCNC(=O)N(Cc1ccco1)C(C)C(=O)c1c(C)[nH]c(C(=O)OC)c1C. The molecule has 8 nitrogen and oxygen atoms in total. The number of urea groups is 1. The smallest absolute Gasteiger partial charge is 0.354 e. The van der Waals surface area contributed by atoms with Crippen LogP contribution in [0.25, 0.3) is 0 Å². The molecule has 146 valence electrons. The standard InChI is InChI=1S/C19H25N3O5/c1-6-20-19(25)22(10-14-8-7-9-27-14)13(4)17(23)15-11(2)16(18(24)26-5)21-12(15)3/h7-9,13,21H,6,10H2,1-5H3,(H,20,25). The Labute approximate surface area is 157 Å². The van der Waals surface area contributed by atoms with Crippen LogP contribution in [0, 0.1) is 13.8 Å². The van der Waals surface area contributed by atoms with Crippen molar-refractivity contribution in [1.82, 2.24) is 15.2 Å². The Morgan fingerprint density at radius 2 is 2.04 bits per heavy atom. The third-order valence-electron chi connectivity index (χ3n) is 4.42. The van der Waals surface area contributed by atoms with E-state index in [1.807, 2.05) is 0 Å². The van der Waals surface area contributed by atoms with Gasteiger partial charge < -0.3 is 24.4 Å². The van der Waals surface area contributed by atoms with Gasteiger partial charge >= 0.3 is 12.0 Å². The molecule has 2 amide bonds. The molecule has 0 aliphatic heterocycles. The number of aromatic nitrogens is 1. The van der Waals surface area contributed by atoms with Crippen LogP contribution in [0.15, 0.2) is 22.8 Å². The van der Waals surface area contributed by atoms with Gasteiger partial charge in [-0.1, -0.05) is 0 Å². The molecule has 0 radical (unpaired) electrons. The van der Waals surface area contributed by atoms with Crippen molar-refractivity contribution in [1.29, 1.82) is 0 Å². The molecule has 0 bridgehead atoms. The van der Waals surface area contributed by atoms with E-state index in [9.17, 15) is 14.4 Å². The first-order valence-electron chi connectivity index (χ1n) is 8.70. The summed E-state index contributed by atoms with van der Waals surface area (Å²) in [6.45, 7) is 7.44. The number of ether oxygens (including phenoxy) is 1. The normalized spacial score (nSPS) is 11.7. The Morgan fingerprint density at radius 1 is 1.33 bits per heavy atom. The fourth-order valence-electron chi connectivity index (χ4n) is 2.98. The van der Waals surface area contributed by atoms with E-state index in [0.29, 0.717) is 29.1 Å². The number of furan rings is 1. The summed E-state index contributed by atoms with van der Waals surface area (Å²) in [7, 11) is 1.28. The molecule has 0 fully saturated rings. The Hall–Kier alpha value is -3.03. The summed E-state index contributed by atoms with van der Waals surface area (Å²) in [4.78, 5) is 41.9. The van der Waals surface area contributed by atoms with Crippen molar-refractivity contribution < 1.29 is 23.5 Å². The molecule has 0 aliphatic carbocycles. The fourth-order valence-corrected chi connectivity index (χ4v) is 2.98. The molecule has 2 N–H and O–H groups in total. The molecule has 2 aromatic rings. The first-order chi connectivity index (χ1) is 12.8. The van der Waals surface area contributed by atoms with Crippen LogP contribution in [-0.4, -0.2) is 47.4 Å². The average Bonchev–Trinajstić information content (AvgIpc) is 3.25. The Kier molecular flexibility index (Phi) is 6.44.